The molecule has 1 heterocycles. The minimum atomic E-state index is 0. The Morgan fingerprint density at radius 3 is 2.38 bits per heavy atom. The highest BCUT2D eigenvalue weighted by Gasteiger charge is 2.26. The molecule has 0 bridgehead atoms. The number of hydrogen-bond acceptors (Lipinski definition) is 3. The van der Waals surface area contributed by atoms with Gasteiger partial charge in [0, 0.05) is 37.8 Å². The number of benzene rings is 2. The molecule has 3 nitrogen and oxygen atoms in total. The van der Waals surface area contributed by atoms with Gasteiger partial charge in [-0.2, -0.15) is 0 Å². The molecule has 2 aromatic rings. The molecule has 0 spiro atoms. The summed E-state index contributed by atoms with van der Waals surface area (Å²) in [4.78, 5) is 2.53. The predicted molar refractivity (Wildman–Crippen MR) is 107 cm³/mol. The molecule has 2 aromatic carbocycles. The normalized spacial score (nSPS) is 16.5. The largest absolute Gasteiger partial charge is 0.508 e. The van der Waals surface area contributed by atoms with Crippen LogP contribution in [0.3, 0.4) is 0 Å². The molecule has 0 aliphatic carbocycles. The Kier molecular flexibility index (Phi) is 8.31. The van der Waals surface area contributed by atoms with Crippen molar-refractivity contribution in [3.8, 4) is 5.75 Å². The second-order valence-electron chi connectivity index (χ2n) is 6.65. The van der Waals surface area contributed by atoms with Gasteiger partial charge in [-0.1, -0.05) is 44.2 Å². The monoisotopic (exact) mass is 370 g/mol. The minimum Gasteiger partial charge on any atom is -0.508 e. The number of fused-ring (bicyclic) bond motifs is 1. The molecule has 0 amide bonds. The maximum atomic E-state index is 10.6. The summed E-state index contributed by atoms with van der Waals surface area (Å²) >= 11 is 0. The summed E-state index contributed by atoms with van der Waals surface area (Å²) in [5, 5.41) is 16.4. The fourth-order valence-electron chi connectivity index (χ4n) is 3.52. The Hall–Kier alpha value is -1.00. The zero-order valence-corrected chi connectivity index (χ0v) is 16.0. The van der Waals surface area contributed by atoms with Crippen LogP contribution in [-0.2, 0) is 0 Å². The highest BCUT2D eigenvalue weighted by molar-refractivity contribution is 5.88. The van der Waals surface area contributed by atoms with Crippen LogP contribution in [0.5, 0.6) is 5.75 Å². The van der Waals surface area contributed by atoms with Crippen molar-refractivity contribution in [1.29, 1.82) is 0 Å². The molecule has 3 rings (SSSR count). The fraction of sp³-hybridized carbons (Fsp3) is 0.474. The van der Waals surface area contributed by atoms with Gasteiger partial charge in [0.15, 0.2) is 0 Å². The van der Waals surface area contributed by atoms with Crippen LogP contribution in [-0.4, -0.2) is 36.2 Å². The molecule has 1 saturated heterocycles. The van der Waals surface area contributed by atoms with E-state index in [0.29, 0.717) is 11.7 Å². The smallest absolute Gasteiger partial charge is 0.121 e. The third-order valence-electron chi connectivity index (χ3n) is 4.57. The Morgan fingerprint density at radius 2 is 1.71 bits per heavy atom. The van der Waals surface area contributed by atoms with Crippen LogP contribution in [0.1, 0.15) is 31.9 Å². The van der Waals surface area contributed by atoms with Crippen molar-refractivity contribution in [1.82, 2.24) is 10.2 Å². The number of nitrogens with zero attached hydrogens (tertiary/aromatic N) is 1. The molecule has 0 aromatic heterocycles. The molecular formula is C19H28Cl2N2O. The van der Waals surface area contributed by atoms with E-state index < -0.39 is 0 Å². The molecule has 0 unspecified atom stereocenters. The van der Waals surface area contributed by atoms with Gasteiger partial charge in [0.1, 0.15) is 5.75 Å². The first kappa shape index (κ1) is 21.0. The van der Waals surface area contributed by atoms with Crippen LogP contribution in [0.15, 0.2) is 36.4 Å². The number of hydrogen-bond donors (Lipinski definition) is 2. The van der Waals surface area contributed by atoms with E-state index in [-0.39, 0.29) is 30.9 Å². The molecule has 1 atom stereocenters. The van der Waals surface area contributed by atoms with Crippen molar-refractivity contribution in [3.05, 3.63) is 42.0 Å². The highest BCUT2D eigenvalue weighted by atomic mass is 35.5. The van der Waals surface area contributed by atoms with Crippen molar-refractivity contribution >= 4 is 35.6 Å². The van der Waals surface area contributed by atoms with Crippen LogP contribution >= 0.6 is 24.8 Å². The van der Waals surface area contributed by atoms with E-state index >= 15 is 0 Å². The Labute approximate surface area is 157 Å². The average molecular weight is 371 g/mol. The van der Waals surface area contributed by atoms with E-state index in [1.54, 1.807) is 0 Å². The lowest BCUT2D eigenvalue weighted by Gasteiger charge is -2.37. The van der Waals surface area contributed by atoms with E-state index in [4.69, 9.17) is 0 Å². The van der Waals surface area contributed by atoms with Gasteiger partial charge in [-0.3, -0.25) is 4.90 Å². The van der Waals surface area contributed by atoms with Gasteiger partial charge in [-0.15, -0.1) is 24.8 Å². The van der Waals surface area contributed by atoms with Crippen molar-refractivity contribution < 1.29 is 5.11 Å². The van der Waals surface area contributed by atoms with Gasteiger partial charge < -0.3 is 10.4 Å². The average Bonchev–Trinajstić information content (AvgIpc) is 2.54. The lowest BCUT2D eigenvalue weighted by Crippen LogP contribution is -2.45. The molecule has 134 valence electrons. The Morgan fingerprint density at radius 1 is 1.04 bits per heavy atom. The van der Waals surface area contributed by atoms with E-state index in [1.807, 2.05) is 12.1 Å². The first-order valence-corrected chi connectivity index (χ1v) is 8.32. The van der Waals surface area contributed by atoms with Crippen molar-refractivity contribution in [2.75, 3.05) is 26.2 Å². The summed E-state index contributed by atoms with van der Waals surface area (Å²) in [6.45, 7) is 8.66. The molecule has 2 N–H and O–H groups in total. The fourth-order valence-corrected chi connectivity index (χ4v) is 3.52. The summed E-state index contributed by atoms with van der Waals surface area (Å²) in [6.07, 6.45) is 1.07. The topological polar surface area (TPSA) is 35.5 Å². The molecule has 1 aliphatic heterocycles. The van der Waals surface area contributed by atoms with Crippen molar-refractivity contribution in [3.63, 3.8) is 0 Å². The zero-order valence-electron chi connectivity index (χ0n) is 14.4. The van der Waals surface area contributed by atoms with Gasteiger partial charge in [0.2, 0.25) is 0 Å². The third-order valence-corrected chi connectivity index (χ3v) is 4.57. The van der Waals surface area contributed by atoms with Gasteiger partial charge in [0.25, 0.3) is 0 Å². The van der Waals surface area contributed by atoms with Crippen LogP contribution in [0.2, 0.25) is 0 Å². The first-order valence-electron chi connectivity index (χ1n) is 8.32. The number of phenolic OH excluding ortho intramolecular Hbond substituents is 1. The summed E-state index contributed by atoms with van der Waals surface area (Å²) in [5.41, 5.74) is 1.11. The highest BCUT2D eigenvalue weighted by Crippen LogP contribution is 2.38. The molecule has 1 fully saturated rings. The van der Waals surface area contributed by atoms with Gasteiger partial charge >= 0.3 is 0 Å². The Bertz CT molecular complexity index is 642. The maximum Gasteiger partial charge on any atom is 0.121 e. The maximum absolute atomic E-state index is 10.6. The standard InChI is InChI=1S/C19H26N2O.2ClH/c1-14(2)13-17(21-11-9-20-10-12-21)19-16-6-4-3-5-15(16)7-8-18(19)22;;/h3-8,14,17,20,22H,9-13H2,1-2H3;2*1H/t17-;;/m0../s1. The number of piperazine rings is 1. The van der Waals surface area contributed by atoms with E-state index in [2.05, 4.69) is 48.3 Å². The number of halogens is 2. The van der Waals surface area contributed by atoms with E-state index in [0.717, 1.165) is 38.2 Å². The van der Waals surface area contributed by atoms with Crippen LogP contribution in [0, 0.1) is 5.92 Å². The zero-order chi connectivity index (χ0) is 15.5. The van der Waals surface area contributed by atoms with Gasteiger partial charge in [-0.05, 0) is 29.2 Å². The SMILES string of the molecule is CC(C)C[C@@H](c1c(O)ccc2ccccc12)N1CCNCC1.Cl.Cl. The second kappa shape index (κ2) is 9.47. The quantitative estimate of drug-likeness (QED) is 0.837. The lowest BCUT2D eigenvalue weighted by atomic mass is 9.90. The molecule has 0 radical (unpaired) electrons. The van der Waals surface area contributed by atoms with E-state index in [1.165, 1.54) is 10.8 Å². The van der Waals surface area contributed by atoms with Crippen molar-refractivity contribution in [2.24, 2.45) is 5.92 Å². The molecular weight excluding hydrogens is 343 g/mol. The Balaban J connectivity index is 0.00000144. The third kappa shape index (κ3) is 4.54. The van der Waals surface area contributed by atoms with E-state index in [9.17, 15) is 5.11 Å². The summed E-state index contributed by atoms with van der Waals surface area (Å²) in [5.74, 6) is 1.03. The molecule has 1 aliphatic rings. The summed E-state index contributed by atoms with van der Waals surface area (Å²) in [7, 11) is 0. The summed E-state index contributed by atoms with van der Waals surface area (Å²) in [6, 6.07) is 12.5. The molecule has 5 heteroatoms. The minimum absolute atomic E-state index is 0. The number of nitrogens with one attached hydrogen (secondary N) is 1. The number of rotatable bonds is 4. The van der Waals surface area contributed by atoms with Crippen LogP contribution in [0.25, 0.3) is 10.8 Å². The molecule has 0 saturated carbocycles. The number of phenols is 1. The van der Waals surface area contributed by atoms with Crippen LogP contribution < -0.4 is 5.32 Å². The van der Waals surface area contributed by atoms with Gasteiger partial charge in [0.05, 0.1) is 0 Å². The number of aromatic hydroxyl groups is 1. The summed E-state index contributed by atoms with van der Waals surface area (Å²) < 4.78 is 0. The van der Waals surface area contributed by atoms with Crippen molar-refractivity contribution in [2.45, 2.75) is 26.3 Å². The lowest BCUT2D eigenvalue weighted by molar-refractivity contribution is 0.153. The molecule has 24 heavy (non-hydrogen) atoms. The first-order chi connectivity index (χ1) is 10.7. The van der Waals surface area contributed by atoms with Gasteiger partial charge in [-0.25, -0.2) is 0 Å². The van der Waals surface area contributed by atoms with Crippen LogP contribution in [0.4, 0.5) is 0 Å². The second-order valence-corrected chi connectivity index (χ2v) is 6.65. The predicted octanol–water partition coefficient (Wildman–Crippen LogP) is 4.38.